The summed E-state index contributed by atoms with van der Waals surface area (Å²) in [5, 5.41) is 0.0237. The quantitative estimate of drug-likeness (QED) is 0.796. The van der Waals surface area contributed by atoms with Crippen molar-refractivity contribution < 1.29 is 13.9 Å². The number of hydrogen-bond donors (Lipinski definition) is 1. The van der Waals surface area contributed by atoms with Gasteiger partial charge in [-0.1, -0.05) is 0 Å². The predicted molar refractivity (Wildman–Crippen MR) is 58.3 cm³/mol. The number of nitrogens with one attached hydrogen (secondary N) is 1. The summed E-state index contributed by atoms with van der Waals surface area (Å²) in [6.07, 6.45) is 3.34. The highest BCUT2D eigenvalue weighted by Crippen LogP contribution is 2.10. The van der Waals surface area contributed by atoms with Crippen molar-refractivity contribution in [2.24, 2.45) is 0 Å². The number of pyridine rings is 2. The summed E-state index contributed by atoms with van der Waals surface area (Å²) in [6, 6.07) is 0. The Hall–Kier alpha value is -2.24. The maximum atomic E-state index is 13.3. The van der Waals surface area contributed by atoms with Gasteiger partial charge in [-0.3, -0.25) is 9.78 Å². The lowest BCUT2D eigenvalue weighted by Gasteiger charge is -2.03. The molecule has 0 saturated carbocycles. The van der Waals surface area contributed by atoms with Crippen LogP contribution in [0.25, 0.3) is 10.9 Å². The van der Waals surface area contributed by atoms with Crippen LogP contribution >= 0.6 is 0 Å². The molecule has 0 aliphatic rings. The zero-order valence-electron chi connectivity index (χ0n) is 8.99. The summed E-state index contributed by atoms with van der Waals surface area (Å²) in [5.41, 5.74) is -0.728. The third-order valence-electron chi connectivity index (χ3n) is 2.25. The highest BCUT2D eigenvalue weighted by molar-refractivity contribution is 5.93. The van der Waals surface area contributed by atoms with Crippen LogP contribution in [0.15, 0.2) is 23.4 Å². The number of carbonyl (C=O) groups is 1. The van der Waals surface area contributed by atoms with Crippen LogP contribution in [0.2, 0.25) is 0 Å². The Labute approximate surface area is 95.2 Å². The Balaban J connectivity index is 2.67. The molecule has 0 bridgehead atoms. The largest absolute Gasteiger partial charge is 0.462 e. The van der Waals surface area contributed by atoms with Gasteiger partial charge in [0, 0.05) is 12.4 Å². The first-order valence-corrected chi connectivity index (χ1v) is 4.97. The van der Waals surface area contributed by atoms with Crippen LogP contribution in [-0.4, -0.2) is 22.5 Å². The molecule has 2 heterocycles. The minimum absolute atomic E-state index is 0.0237. The van der Waals surface area contributed by atoms with Gasteiger partial charge in [-0.15, -0.1) is 0 Å². The van der Waals surface area contributed by atoms with Crippen molar-refractivity contribution >= 4 is 16.9 Å². The summed E-state index contributed by atoms with van der Waals surface area (Å²) in [5.74, 6) is -1.38. The van der Waals surface area contributed by atoms with E-state index in [1.807, 2.05) is 0 Å². The first kappa shape index (κ1) is 11.3. The first-order valence-electron chi connectivity index (χ1n) is 4.97. The number of rotatable bonds is 2. The van der Waals surface area contributed by atoms with Gasteiger partial charge in [0.05, 0.1) is 23.7 Å². The van der Waals surface area contributed by atoms with Gasteiger partial charge >= 0.3 is 5.97 Å². The second-order valence-corrected chi connectivity index (χ2v) is 3.30. The van der Waals surface area contributed by atoms with Gasteiger partial charge < -0.3 is 9.72 Å². The molecule has 0 spiro atoms. The molecule has 0 unspecified atom stereocenters. The monoisotopic (exact) mass is 236 g/mol. The number of nitrogens with zero attached hydrogens (tertiary/aromatic N) is 1. The van der Waals surface area contributed by atoms with Crippen LogP contribution in [-0.2, 0) is 4.74 Å². The van der Waals surface area contributed by atoms with Crippen molar-refractivity contribution in [1.29, 1.82) is 0 Å². The molecule has 88 valence electrons. The van der Waals surface area contributed by atoms with Gasteiger partial charge in [-0.2, -0.15) is 0 Å². The number of carbonyl (C=O) groups excluding carboxylic acids is 1. The molecule has 0 amide bonds. The highest BCUT2D eigenvalue weighted by atomic mass is 19.1. The van der Waals surface area contributed by atoms with Crippen LogP contribution in [0.1, 0.15) is 17.3 Å². The standard InChI is InChI=1S/C11H9FN2O3/c1-2-17-11(16)7-4-14-9-6(10(7)15)3-13-5-8(9)12/h3-5H,2H2,1H3,(H,14,15). The van der Waals surface area contributed by atoms with Gasteiger partial charge in [0.25, 0.3) is 0 Å². The van der Waals surface area contributed by atoms with E-state index in [-0.39, 0.29) is 23.1 Å². The van der Waals surface area contributed by atoms with Crippen molar-refractivity contribution in [3.8, 4) is 0 Å². The molecule has 2 aromatic heterocycles. The number of esters is 1. The maximum Gasteiger partial charge on any atom is 0.343 e. The highest BCUT2D eigenvalue weighted by Gasteiger charge is 2.15. The van der Waals surface area contributed by atoms with E-state index in [1.54, 1.807) is 6.92 Å². The van der Waals surface area contributed by atoms with Gasteiger partial charge in [-0.05, 0) is 6.92 Å². The van der Waals surface area contributed by atoms with Crippen LogP contribution in [0.5, 0.6) is 0 Å². The summed E-state index contributed by atoms with van der Waals surface area (Å²) in [6.45, 7) is 1.80. The van der Waals surface area contributed by atoms with Crippen molar-refractivity contribution in [1.82, 2.24) is 9.97 Å². The molecule has 0 fully saturated rings. The fourth-order valence-corrected chi connectivity index (χ4v) is 1.47. The average molecular weight is 236 g/mol. The smallest absolute Gasteiger partial charge is 0.343 e. The van der Waals surface area contributed by atoms with Gasteiger partial charge in [0.1, 0.15) is 5.56 Å². The minimum Gasteiger partial charge on any atom is -0.462 e. The summed E-state index contributed by atoms with van der Waals surface area (Å²) < 4.78 is 18.0. The van der Waals surface area contributed by atoms with Crippen LogP contribution in [0, 0.1) is 5.82 Å². The van der Waals surface area contributed by atoms with E-state index in [2.05, 4.69) is 9.97 Å². The number of H-pyrrole nitrogens is 1. The lowest BCUT2D eigenvalue weighted by atomic mass is 10.2. The number of aromatic amines is 1. The molecule has 2 aromatic rings. The summed E-state index contributed by atoms with van der Waals surface area (Å²) >= 11 is 0. The molecule has 0 radical (unpaired) electrons. The maximum absolute atomic E-state index is 13.3. The van der Waals surface area contributed by atoms with Crippen molar-refractivity contribution in [3.05, 3.63) is 40.2 Å². The second kappa shape index (κ2) is 4.32. The van der Waals surface area contributed by atoms with E-state index in [9.17, 15) is 14.0 Å². The van der Waals surface area contributed by atoms with Gasteiger partial charge in [-0.25, -0.2) is 9.18 Å². The number of hydrogen-bond acceptors (Lipinski definition) is 4. The van der Waals surface area contributed by atoms with E-state index in [1.165, 1.54) is 6.20 Å². The third-order valence-corrected chi connectivity index (χ3v) is 2.25. The number of halogens is 1. The molecule has 0 aromatic carbocycles. The van der Waals surface area contributed by atoms with E-state index in [4.69, 9.17) is 4.74 Å². The topological polar surface area (TPSA) is 72.1 Å². The van der Waals surface area contributed by atoms with Crippen LogP contribution < -0.4 is 5.43 Å². The Bertz CT molecular complexity index is 636. The zero-order valence-corrected chi connectivity index (χ0v) is 8.99. The predicted octanol–water partition coefficient (Wildman–Crippen LogP) is 1.24. The Morgan fingerprint density at radius 3 is 3.00 bits per heavy atom. The molecule has 0 saturated heterocycles. The molecule has 0 aliphatic carbocycles. The summed E-state index contributed by atoms with van der Waals surface area (Å²) in [4.78, 5) is 29.4. The average Bonchev–Trinajstić information content (AvgIpc) is 2.31. The van der Waals surface area contributed by atoms with E-state index < -0.39 is 17.2 Å². The van der Waals surface area contributed by atoms with Gasteiger partial charge in [0.15, 0.2) is 5.82 Å². The molecule has 1 N–H and O–H groups in total. The van der Waals surface area contributed by atoms with Gasteiger partial charge in [0.2, 0.25) is 5.43 Å². The zero-order chi connectivity index (χ0) is 12.4. The van der Waals surface area contributed by atoms with Crippen molar-refractivity contribution in [3.63, 3.8) is 0 Å². The lowest BCUT2D eigenvalue weighted by molar-refractivity contribution is 0.0524. The summed E-state index contributed by atoms with van der Waals surface area (Å²) in [7, 11) is 0. The first-order chi connectivity index (χ1) is 8.15. The number of ether oxygens (including phenoxy) is 1. The van der Waals surface area contributed by atoms with E-state index >= 15 is 0 Å². The van der Waals surface area contributed by atoms with E-state index in [0.717, 1.165) is 12.4 Å². The number of fused-ring (bicyclic) bond motifs is 1. The molecule has 0 atom stereocenters. The molecule has 6 heteroatoms. The van der Waals surface area contributed by atoms with E-state index in [0.29, 0.717) is 0 Å². The molecular weight excluding hydrogens is 227 g/mol. The second-order valence-electron chi connectivity index (χ2n) is 3.30. The Kier molecular flexibility index (Phi) is 2.86. The number of aromatic nitrogens is 2. The molecule has 5 nitrogen and oxygen atoms in total. The SMILES string of the molecule is CCOC(=O)c1c[nH]c2c(F)cncc2c1=O. The lowest BCUT2D eigenvalue weighted by Crippen LogP contribution is -2.18. The van der Waals surface area contributed by atoms with Crippen LogP contribution in [0.3, 0.4) is 0 Å². The molecule has 0 aliphatic heterocycles. The Morgan fingerprint density at radius 2 is 2.29 bits per heavy atom. The van der Waals surface area contributed by atoms with Crippen LogP contribution in [0.4, 0.5) is 4.39 Å². The Morgan fingerprint density at radius 1 is 1.53 bits per heavy atom. The minimum atomic E-state index is -0.736. The fraction of sp³-hybridized carbons (Fsp3) is 0.182. The molecular formula is C11H9FN2O3. The molecule has 17 heavy (non-hydrogen) atoms. The van der Waals surface area contributed by atoms with Crippen molar-refractivity contribution in [2.75, 3.05) is 6.61 Å². The third kappa shape index (κ3) is 1.89. The normalized spacial score (nSPS) is 10.5. The molecule has 2 rings (SSSR count). The van der Waals surface area contributed by atoms with Crippen molar-refractivity contribution in [2.45, 2.75) is 6.92 Å². The fourth-order valence-electron chi connectivity index (χ4n) is 1.47.